The maximum Gasteiger partial charge on any atom is 0.226 e. The van der Waals surface area contributed by atoms with E-state index in [2.05, 4.69) is 5.32 Å². The minimum Gasteiger partial charge on any atom is -0.399 e. The molecule has 6 heteroatoms. The van der Waals surface area contributed by atoms with Gasteiger partial charge in [0.15, 0.2) is 0 Å². The molecule has 0 unspecified atom stereocenters. The van der Waals surface area contributed by atoms with E-state index in [4.69, 9.17) is 15.2 Å². The van der Waals surface area contributed by atoms with E-state index in [1.807, 2.05) is 0 Å². The largest absolute Gasteiger partial charge is 0.399 e. The number of benzene rings is 1. The molecule has 0 fully saturated rings. The van der Waals surface area contributed by atoms with Gasteiger partial charge in [0.2, 0.25) is 5.91 Å². The molecule has 0 saturated heterocycles. The zero-order chi connectivity index (χ0) is 14.1. The van der Waals surface area contributed by atoms with Crippen molar-refractivity contribution in [2.24, 2.45) is 0 Å². The van der Waals surface area contributed by atoms with Crippen LogP contribution in [0.5, 0.6) is 0 Å². The second-order valence-electron chi connectivity index (χ2n) is 4.00. The lowest BCUT2D eigenvalue weighted by molar-refractivity contribution is -0.117. The van der Waals surface area contributed by atoms with Crippen LogP contribution in [0.4, 0.5) is 15.8 Å². The van der Waals surface area contributed by atoms with Crippen LogP contribution in [0.15, 0.2) is 18.2 Å². The van der Waals surface area contributed by atoms with E-state index in [9.17, 15) is 9.18 Å². The van der Waals surface area contributed by atoms with Gasteiger partial charge in [-0.3, -0.25) is 4.79 Å². The Morgan fingerprint density at radius 1 is 1.37 bits per heavy atom. The fourth-order valence-corrected chi connectivity index (χ4v) is 1.42. The quantitative estimate of drug-likeness (QED) is 0.558. The standard InChI is InChI=1S/C13H19FN2O3/c1-18-6-2-7-19-8-5-13(17)16-12-9-10(15)3-4-11(12)14/h3-4,9H,2,5-8,15H2,1H3,(H,16,17). The summed E-state index contributed by atoms with van der Waals surface area (Å²) in [7, 11) is 1.62. The van der Waals surface area contributed by atoms with Crippen LogP contribution >= 0.6 is 0 Å². The van der Waals surface area contributed by atoms with Gasteiger partial charge in [0.25, 0.3) is 0 Å². The first-order valence-corrected chi connectivity index (χ1v) is 6.05. The third kappa shape index (κ3) is 6.17. The summed E-state index contributed by atoms with van der Waals surface area (Å²) >= 11 is 0. The monoisotopic (exact) mass is 270 g/mol. The third-order valence-corrected chi connectivity index (χ3v) is 2.38. The molecule has 19 heavy (non-hydrogen) atoms. The van der Waals surface area contributed by atoms with Gasteiger partial charge in [0, 0.05) is 26.0 Å². The molecule has 0 aliphatic carbocycles. The van der Waals surface area contributed by atoms with Gasteiger partial charge in [-0.2, -0.15) is 0 Å². The van der Waals surface area contributed by atoms with Gasteiger partial charge in [0.05, 0.1) is 18.7 Å². The number of anilines is 2. The lowest BCUT2D eigenvalue weighted by Gasteiger charge is -2.07. The number of carbonyl (C=O) groups is 1. The second kappa shape index (κ2) is 8.44. The van der Waals surface area contributed by atoms with E-state index < -0.39 is 5.82 Å². The molecule has 0 aromatic heterocycles. The predicted octanol–water partition coefficient (Wildman–Crippen LogP) is 1.79. The summed E-state index contributed by atoms with van der Waals surface area (Å²) in [6.45, 7) is 1.45. The van der Waals surface area contributed by atoms with E-state index in [0.29, 0.717) is 25.5 Å². The Labute approximate surface area is 111 Å². The van der Waals surface area contributed by atoms with Gasteiger partial charge >= 0.3 is 0 Å². The van der Waals surface area contributed by atoms with E-state index in [1.54, 1.807) is 7.11 Å². The zero-order valence-corrected chi connectivity index (χ0v) is 10.9. The number of nitrogens with two attached hydrogens (primary N) is 1. The Hall–Kier alpha value is -1.66. The van der Waals surface area contributed by atoms with Crippen molar-refractivity contribution in [2.45, 2.75) is 12.8 Å². The smallest absolute Gasteiger partial charge is 0.226 e. The highest BCUT2D eigenvalue weighted by Crippen LogP contribution is 2.17. The molecule has 0 radical (unpaired) electrons. The lowest BCUT2D eigenvalue weighted by Crippen LogP contribution is -2.15. The number of hydrogen-bond acceptors (Lipinski definition) is 4. The number of nitrogens with one attached hydrogen (secondary N) is 1. The minimum absolute atomic E-state index is 0.0874. The van der Waals surface area contributed by atoms with Gasteiger partial charge < -0.3 is 20.5 Å². The number of halogens is 1. The summed E-state index contributed by atoms with van der Waals surface area (Å²) in [6.07, 6.45) is 0.948. The van der Waals surface area contributed by atoms with Gasteiger partial charge in [-0.1, -0.05) is 0 Å². The highest BCUT2D eigenvalue weighted by atomic mass is 19.1. The van der Waals surface area contributed by atoms with Crippen molar-refractivity contribution in [1.82, 2.24) is 0 Å². The Morgan fingerprint density at radius 3 is 2.89 bits per heavy atom. The number of carbonyl (C=O) groups excluding carboxylic acids is 1. The minimum atomic E-state index is -0.511. The van der Waals surface area contributed by atoms with Crippen molar-refractivity contribution in [3.63, 3.8) is 0 Å². The molecule has 1 amide bonds. The van der Waals surface area contributed by atoms with Crippen LogP contribution in [0.1, 0.15) is 12.8 Å². The maximum atomic E-state index is 13.3. The first-order valence-electron chi connectivity index (χ1n) is 6.05. The highest BCUT2D eigenvalue weighted by molar-refractivity contribution is 5.91. The first-order chi connectivity index (χ1) is 9.13. The molecule has 0 bridgehead atoms. The molecule has 3 N–H and O–H groups in total. The first kappa shape index (κ1) is 15.4. The summed E-state index contributed by atoms with van der Waals surface area (Å²) in [5.41, 5.74) is 6.00. The van der Waals surface area contributed by atoms with Crippen LogP contribution in [0.2, 0.25) is 0 Å². The number of methoxy groups -OCH3 is 1. The fraction of sp³-hybridized carbons (Fsp3) is 0.462. The topological polar surface area (TPSA) is 73.6 Å². The SMILES string of the molecule is COCCCOCCC(=O)Nc1cc(N)ccc1F. The number of hydrogen-bond donors (Lipinski definition) is 2. The third-order valence-electron chi connectivity index (χ3n) is 2.38. The summed E-state index contributed by atoms with van der Waals surface area (Å²) in [5, 5.41) is 2.45. The Morgan fingerprint density at radius 2 is 2.16 bits per heavy atom. The number of rotatable bonds is 8. The van der Waals surface area contributed by atoms with E-state index in [-0.39, 0.29) is 18.0 Å². The Bertz CT molecular complexity index is 413. The van der Waals surface area contributed by atoms with E-state index in [0.717, 1.165) is 6.42 Å². The Kier molecular flexibility index (Phi) is 6.84. The van der Waals surface area contributed by atoms with Crippen molar-refractivity contribution in [3.05, 3.63) is 24.0 Å². The van der Waals surface area contributed by atoms with Gasteiger partial charge in [-0.15, -0.1) is 0 Å². The number of nitrogen functional groups attached to an aromatic ring is 1. The summed E-state index contributed by atoms with van der Waals surface area (Å²) in [6, 6.07) is 4.03. The average molecular weight is 270 g/mol. The number of ether oxygens (including phenoxy) is 2. The summed E-state index contributed by atoms with van der Waals surface area (Å²) < 4.78 is 23.4. The van der Waals surface area contributed by atoms with Gasteiger partial charge in [-0.05, 0) is 24.6 Å². The van der Waals surface area contributed by atoms with Crippen LogP contribution < -0.4 is 11.1 Å². The molecule has 1 aromatic rings. The van der Waals surface area contributed by atoms with Crippen LogP contribution in [-0.4, -0.2) is 32.8 Å². The number of amides is 1. The van der Waals surface area contributed by atoms with Crippen LogP contribution in [0, 0.1) is 5.82 Å². The molecule has 0 aliphatic rings. The molecule has 0 saturated carbocycles. The normalized spacial score (nSPS) is 10.4. The lowest BCUT2D eigenvalue weighted by atomic mass is 10.2. The summed E-state index contributed by atoms with van der Waals surface area (Å²) in [5.74, 6) is -0.820. The molecule has 106 valence electrons. The van der Waals surface area contributed by atoms with Gasteiger partial charge in [0.1, 0.15) is 5.82 Å². The average Bonchev–Trinajstić information content (AvgIpc) is 2.38. The van der Waals surface area contributed by atoms with Crippen molar-refractivity contribution in [1.29, 1.82) is 0 Å². The highest BCUT2D eigenvalue weighted by Gasteiger charge is 2.07. The van der Waals surface area contributed by atoms with Crippen molar-refractivity contribution in [3.8, 4) is 0 Å². The molecular formula is C13H19FN2O3. The molecule has 0 atom stereocenters. The molecule has 1 rings (SSSR count). The molecule has 0 spiro atoms. The molecular weight excluding hydrogens is 251 g/mol. The predicted molar refractivity (Wildman–Crippen MR) is 71.4 cm³/mol. The fourth-order valence-electron chi connectivity index (χ4n) is 1.42. The summed E-state index contributed by atoms with van der Waals surface area (Å²) in [4.78, 5) is 11.5. The zero-order valence-electron chi connectivity index (χ0n) is 10.9. The molecule has 0 heterocycles. The van der Waals surface area contributed by atoms with E-state index in [1.165, 1.54) is 18.2 Å². The molecule has 5 nitrogen and oxygen atoms in total. The van der Waals surface area contributed by atoms with Crippen LogP contribution in [0.3, 0.4) is 0 Å². The molecule has 0 aliphatic heterocycles. The van der Waals surface area contributed by atoms with Crippen LogP contribution in [-0.2, 0) is 14.3 Å². The van der Waals surface area contributed by atoms with Gasteiger partial charge in [-0.25, -0.2) is 4.39 Å². The van der Waals surface area contributed by atoms with Crippen LogP contribution in [0.25, 0.3) is 0 Å². The second-order valence-corrected chi connectivity index (χ2v) is 4.00. The molecule has 1 aromatic carbocycles. The van der Waals surface area contributed by atoms with E-state index >= 15 is 0 Å². The van der Waals surface area contributed by atoms with Crippen molar-refractivity contribution >= 4 is 17.3 Å². The maximum absolute atomic E-state index is 13.3. The van der Waals surface area contributed by atoms with Crippen molar-refractivity contribution in [2.75, 3.05) is 38.0 Å². The van der Waals surface area contributed by atoms with Crippen molar-refractivity contribution < 1.29 is 18.7 Å². The Balaban J connectivity index is 2.25.